The Morgan fingerprint density at radius 2 is 1.83 bits per heavy atom. The number of hydrogen-bond donors (Lipinski definition) is 0. The van der Waals surface area contributed by atoms with E-state index in [0.717, 1.165) is 12.8 Å². The van der Waals surface area contributed by atoms with Crippen molar-refractivity contribution >= 4 is 6.08 Å². The molecule has 96 valence electrons. The molecule has 0 spiro atoms. The van der Waals surface area contributed by atoms with E-state index in [1.54, 1.807) is 0 Å². The van der Waals surface area contributed by atoms with E-state index in [1.807, 2.05) is 24.3 Å². The smallest absolute Gasteiger partial charge is 0.0697 e. The van der Waals surface area contributed by atoms with Crippen molar-refractivity contribution in [1.29, 1.82) is 5.26 Å². The topological polar surface area (TPSA) is 23.8 Å². The van der Waals surface area contributed by atoms with E-state index >= 15 is 0 Å². The van der Waals surface area contributed by atoms with Crippen LogP contribution in [0.1, 0.15) is 51.0 Å². The Hall–Kier alpha value is -1.55. The van der Waals surface area contributed by atoms with Gasteiger partial charge < -0.3 is 0 Å². The third kappa shape index (κ3) is 6.25. The van der Waals surface area contributed by atoms with Crippen LogP contribution in [0.3, 0.4) is 0 Å². The van der Waals surface area contributed by atoms with E-state index in [0.29, 0.717) is 0 Å². The van der Waals surface area contributed by atoms with Gasteiger partial charge in [0.15, 0.2) is 0 Å². The number of allylic oxidation sites excluding steroid dienone is 1. The predicted molar refractivity (Wildman–Crippen MR) is 78.0 cm³/mol. The first-order valence-electron chi connectivity index (χ1n) is 6.99. The molecular weight excluding hydrogens is 218 g/mol. The molecule has 0 aromatic heterocycles. The van der Waals surface area contributed by atoms with Gasteiger partial charge in [0.1, 0.15) is 0 Å². The van der Waals surface area contributed by atoms with E-state index in [-0.39, 0.29) is 5.92 Å². The minimum absolute atomic E-state index is 0.0619. The second-order valence-corrected chi connectivity index (χ2v) is 4.71. The maximum absolute atomic E-state index is 9.11. The van der Waals surface area contributed by atoms with Crippen LogP contribution >= 0.6 is 0 Å². The van der Waals surface area contributed by atoms with Crippen molar-refractivity contribution in [3.8, 4) is 6.07 Å². The summed E-state index contributed by atoms with van der Waals surface area (Å²) in [5, 5.41) is 9.11. The van der Waals surface area contributed by atoms with E-state index in [2.05, 4.69) is 31.2 Å². The molecule has 0 fully saturated rings. The second-order valence-electron chi connectivity index (χ2n) is 4.71. The Morgan fingerprint density at radius 3 is 2.50 bits per heavy atom. The summed E-state index contributed by atoms with van der Waals surface area (Å²) >= 11 is 0. The van der Waals surface area contributed by atoms with Gasteiger partial charge in [-0.25, -0.2) is 0 Å². The van der Waals surface area contributed by atoms with E-state index in [1.165, 1.54) is 31.2 Å². The highest BCUT2D eigenvalue weighted by atomic mass is 14.3. The first-order chi connectivity index (χ1) is 8.86. The third-order valence-corrected chi connectivity index (χ3v) is 3.11. The lowest BCUT2D eigenvalue weighted by atomic mass is 10.0. The molecule has 0 amide bonds. The number of unbranched alkanes of at least 4 members (excludes halogenated alkanes) is 4. The fraction of sp³-hybridized carbons (Fsp3) is 0.471. The Bertz CT molecular complexity index is 372. The van der Waals surface area contributed by atoms with Crippen LogP contribution in [0.2, 0.25) is 0 Å². The summed E-state index contributed by atoms with van der Waals surface area (Å²) < 4.78 is 0. The molecule has 0 saturated heterocycles. The molecule has 0 aliphatic carbocycles. The lowest BCUT2D eigenvalue weighted by molar-refractivity contribution is 0.580. The van der Waals surface area contributed by atoms with Crippen molar-refractivity contribution in [3.05, 3.63) is 42.0 Å². The maximum atomic E-state index is 9.11. The minimum atomic E-state index is 0.0619. The SMILES string of the molecule is CCCCCCCC(C#N)/C=C/c1ccccc1. The normalized spacial score (nSPS) is 12.4. The molecule has 0 heterocycles. The van der Waals surface area contributed by atoms with E-state index in [4.69, 9.17) is 5.26 Å². The highest BCUT2D eigenvalue weighted by molar-refractivity contribution is 5.49. The Labute approximate surface area is 111 Å². The van der Waals surface area contributed by atoms with Gasteiger partial charge in [0, 0.05) is 0 Å². The van der Waals surface area contributed by atoms with Gasteiger partial charge in [-0.15, -0.1) is 0 Å². The van der Waals surface area contributed by atoms with Crippen LogP contribution in [0.15, 0.2) is 36.4 Å². The average Bonchev–Trinajstić information content (AvgIpc) is 2.43. The van der Waals surface area contributed by atoms with Crippen LogP contribution in [0.5, 0.6) is 0 Å². The maximum Gasteiger partial charge on any atom is 0.0697 e. The highest BCUT2D eigenvalue weighted by Gasteiger charge is 2.02. The number of rotatable bonds is 8. The van der Waals surface area contributed by atoms with Crippen molar-refractivity contribution in [2.45, 2.75) is 45.4 Å². The summed E-state index contributed by atoms with van der Waals surface area (Å²) in [5.74, 6) is 0.0619. The lowest BCUT2D eigenvalue weighted by Crippen LogP contribution is -1.92. The van der Waals surface area contributed by atoms with Gasteiger partial charge in [0.2, 0.25) is 0 Å². The first kappa shape index (κ1) is 14.5. The Balaban J connectivity index is 2.30. The summed E-state index contributed by atoms with van der Waals surface area (Å²) in [4.78, 5) is 0. The van der Waals surface area contributed by atoms with Crippen LogP contribution < -0.4 is 0 Å². The molecule has 0 radical (unpaired) electrons. The average molecular weight is 241 g/mol. The molecular formula is C17H23N. The van der Waals surface area contributed by atoms with Crippen LogP contribution in [-0.4, -0.2) is 0 Å². The molecule has 1 aromatic carbocycles. The lowest BCUT2D eigenvalue weighted by Gasteiger charge is -2.03. The van der Waals surface area contributed by atoms with E-state index in [9.17, 15) is 0 Å². The van der Waals surface area contributed by atoms with Gasteiger partial charge >= 0.3 is 0 Å². The van der Waals surface area contributed by atoms with Gasteiger partial charge in [-0.2, -0.15) is 5.26 Å². The van der Waals surface area contributed by atoms with Gasteiger partial charge in [-0.1, -0.05) is 81.5 Å². The summed E-state index contributed by atoms with van der Waals surface area (Å²) in [6, 6.07) is 12.5. The predicted octanol–water partition coefficient (Wildman–Crippen LogP) is 5.20. The van der Waals surface area contributed by atoms with Crippen LogP contribution in [0.4, 0.5) is 0 Å². The van der Waals surface area contributed by atoms with Crippen molar-refractivity contribution in [1.82, 2.24) is 0 Å². The summed E-state index contributed by atoms with van der Waals surface area (Å²) in [6.07, 6.45) is 11.4. The number of nitriles is 1. The standard InChI is InChI=1S/C17H23N/c1-2-3-4-5-7-12-17(15-18)14-13-16-10-8-6-9-11-16/h6,8-11,13-14,17H,2-5,7,12H2,1H3/b14-13+. The molecule has 18 heavy (non-hydrogen) atoms. The quantitative estimate of drug-likeness (QED) is 0.574. The number of hydrogen-bond acceptors (Lipinski definition) is 1. The molecule has 0 N–H and O–H groups in total. The molecule has 0 saturated carbocycles. The molecule has 1 heteroatoms. The van der Waals surface area contributed by atoms with Crippen molar-refractivity contribution in [3.63, 3.8) is 0 Å². The zero-order valence-corrected chi connectivity index (χ0v) is 11.3. The minimum Gasteiger partial charge on any atom is -0.198 e. The molecule has 1 rings (SSSR count). The molecule has 0 bridgehead atoms. The van der Waals surface area contributed by atoms with Crippen LogP contribution in [0.25, 0.3) is 6.08 Å². The van der Waals surface area contributed by atoms with E-state index < -0.39 is 0 Å². The zero-order valence-electron chi connectivity index (χ0n) is 11.3. The molecule has 1 unspecified atom stereocenters. The summed E-state index contributed by atoms with van der Waals surface area (Å²) in [6.45, 7) is 2.22. The summed E-state index contributed by atoms with van der Waals surface area (Å²) in [7, 11) is 0. The number of nitrogens with zero attached hydrogens (tertiary/aromatic N) is 1. The van der Waals surface area contributed by atoms with Gasteiger partial charge in [0.05, 0.1) is 12.0 Å². The van der Waals surface area contributed by atoms with Crippen molar-refractivity contribution in [2.75, 3.05) is 0 Å². The monoisotopic (exact) mass is 241 g/mol. The zero-order chi connectivity index (χ0) is 13.1. The fourth-order valence-corrected chi connectivity index (χ4v) is 1.96. The molecule has 1 atom stereocenters. The highest BCUT2D eigenvalue weighted by Crippen LogP contribution is 2.14. The second kappa shape index (κ2) is 9.48. The van der Waals surface area contributed by atoms with Crippen molar-refractivity contribution in [2.24, 2.45) is 5.92 Å². The summed E-state index contributed by atoms with van der Waals surface area (Å²) in [5.41, 5.74) is 1.17. The largest absolute Gasteiger partial charge is 0.198 e. The van der Waals surface area contributed by atoms with Crippen molar-refractivity contribution < 1.29 is 0 Å². The Morgan fingerprint density at radius 1 is 1.11 bits per heavy atom. The Kier molecular flexibility index (Phi) is 7.64. The molecule has 1 nitrogen and oxygen atoms in total. The first-order valence-corrected chi connectivity index (χ1v) is 6.99. The fourth-order valence-electron chi connectivity index (χ4n) is 1.96. The van der Waals surface area contributed by atoms with Gasteiger partial charge in [-0.05, 0) is 12.0 Å². The molecule has 0 aliphatic heterocycles. The number of benzene rings is 1. The van der Waals surface area contributed by atoms with Crippen LogP contribution in [0, 0.1) is 17.2 Å². The third-order valence-electron chi connectivity index (χ3n) is 3.11. The molecule has 1 aromatic rings. The molecule has 0 aliphatic rings. The van der Waals surface area contributed by atoms with Gasteiger partial charge in [-0.3, -0.25) is 0 Å². The van der Waals surface area contributed by atoms with Crippen LogP contribution in [-0.2, 0) is 0 Å². The van der Waals surface area contributed by atoms with Gasteiger partial charge in [0.25, 0.3) is 0 Å².